The molecular formula is C16H28N2OS. The minimum absolute atomic E-state index is 0.137. The summed E-state index contributed by atoms with van der Waals surface area (Å²) in [5.41, 5.74) is 7.63. The van der Waals surface area contributed by atoms with Gasteiger partial charge in [-0.05, 0) is 44.3 Å². The number of ether oxygens (including phenoxy) is 1. The SMILES string of the molecule is CCC(N)C(c1ccc(OC)cc1)N(C)C(C)CSC. The molecule has 0 heterocycles. The van der Waals surface area contributed by atoms with Crippen LogP contribution in [0.4, 0.5) is 0 Å². The second-order valence-corrected chi connectivity index (χ2v) is 6.17. The summed E-state index contributed by atoms with van der Waals surface area (Å²) in [6.07, 6.45) is 3.11. The summed E-state index contributed by atoms with van der Waals surface area (Å²) in [6.45, 7) is 4.41. The average molecular weight is 296 g/mol. The van der Waals surface area contributed by atoms with Gasteiger partial charge in [-0.1, -0.05) is 19.1 Å². The molecule has 0 amide bonds. The lowest BCUT2D eigenvalue weighted by Crippen LogP contribution is -2.43. The van der Waals surface area contributed by atoms with E-state index in [4.69, 9.17) is 10.5 Å². The van der Waals surface area contributed by atoms with Crippen molar-refractivity contribution in [2.24, 2.45) is 5.73 Å². The Bertz CT molecular complexity index is 383. The Balaban J connectivity index is 2.98. The van der Waals surface area contributed by atoms with Crippen molar-refractivity contribution >= 4 is 11.8 Å². The summed E-state index contributed by atoms with van der Waals surface area (Å²) in [7, 11) is 3.86. The van der Waals surface area contributed by atoms with Crippen molar-refractivity contribution in [3.05, 3.63) is 29.8 Å². The molecule has 20 heavy (non-hydrogen) atoms. The highest BCUT2D eigenvalue weighted by Crippen LogP contribution is 2.28. The number of benzene rings is 1. The van der Waals surface area contributed by atoms with Crippen LogP contribution in [0.2, 0.25) is 0 Å². The van der Waals surface area contributed by atoms with Crippen LogP contribution in [0.15, 0.2) is 24.3 Å². The zero-order valence-electron chi connectivity index (χ0n) is 13.3. The van der Waals surface area contributed by atoms with Crippen LogP contribution in [0.1, 0.15) is 31.9 Å². The summed E-state index contributed by atoms with van der Waals surface area (Å²) in [5.74, 6) is 2.00. The number of rotatable bonds is 8. The number of methoxy groups -OCH3 is 1. The molecule has 3 nitrogen and oxygen atoms in total. The molecule has 0 aliphatic heterocycles. The Hall–Kier alpha value is -0.710. The molecular weight excluding hydrogens is 268 g/mol. The molecule has 0 aromatic heterocycles. The van der Waals surface area contributed by atoms with Gasteiger partial charge in [0.05, 0.1) is 7.11 Å². The van der Waals surface area contributed by atoms with Crippen LogP contribution >= 0.6 is 11.8 Å². The summed E-state index contributed by atoms with van der Waals surface area (Å²) in [4.78, 5) is 2.40. The molecule has 3 atom stereocenters. The van der Waals surface area contributed by atoms with Crippen molar-refractivity contribution in [3.63, 3.8) is 0 Å². The third kappa shape index (κ3) is 4.40. The van der Waals surface area contributed by atoms with Crippen molar-refractivity contribution in [2.75, 3.05) is 26.2 Å². The van der Waals surface area contributed by atoms with Crippen LogP contribution in [0.5, 0.6) is 5.75 Å². The van der Waals surface area contributed by atoms with Crippen LogP contribution in [-0.4, -0.2) is 43.1 Å². The Morgan fingerprint density at radius 1 is 1.30 bits per heavy atom. The maximum Gasteiger partial charge on any atom is 0.118 e. The number of nitrogens with two attached hydrogens (primary N) is 1. The molecule has 1 aromatic rings. The Morgan fingerprint density at radius 3 is 2.35 bits per heavy atom. The van der Waals surface area contributed by atoms with Gasteiger partial charge in [0.15, 0.2) is 0 Å². The Kier molecular flexibility index (Phi) is 7.41. The van der Waals surface area contributed by atoms with E-state index in [9.17, 15) is 0 Å². The Morgan fingerprint density at radius 2 is 1.90 bits per heavy atom. The predicted octanol–water partition coefficient (Wildman–Crippen LogP) is 3.16. The summed E-state index contributed by atoms with van der Waals surface area (Å²) < 4.78 is 5.23. The van der Waals surface area contributed by atoms with Crippen molar-refractivity contribution in [1.82, 2.24) is 4.90 Å². The minimum atomic E-state index is 0.137. The third-order valence-corrected chi connectivity index (χ3v) is 4.69. The molecule has 0 saturated heterocycles. The smallest absolute Gasteiger partial charge is 0.118 e. The van der Waals surface area contributed by atoms with E-state index in [2.05, 4.69) is 44.2 Å². The van der Waals surface area contributed by atoms with E-state index in [0.717, 1.165) is 17.9 Å². The first-order valence-corrected chi connectivity index (χ1v) is 8.54. The summed E-state index contributed by atoms with van der Waals surface area (Å²) in [5, 5.41) is 0. The molecule has 1 aromatic carbocycles. The van der Waals surface area contributed by atoms with E-state index in [0.29, 0.717) is 6.04 Å². The molecule has 3 unspecified atom stereocenters. The van der Waals surface area contributed by atoms with Crippen molar-refractivity contribution in [1.29, 1.82) is 0 Å². The number of hydrogen-bond acceptors (Lipinski definition) is 4. The van der Waals surface area contributed by atoms with Gasteiger partial charge in [0, 0.05) is 23.9 Å². The molecule has 0 aliphatic carbocycles. The summed E-state index contributed by atoms with van der Waals surface area (Å²) >= 11 is 1.87. The van der Waals surface area contributed by atoms with Crippen LogP contribution in [-0.2, 0) is 0 Å². The van der Waals surface area contributed by atoms with Gasteiger partial charge in [0.1, 0.15) is 5.75 Å². The second kappa shape index (κ2) is 8.55. The van der Waals surface area contributed by atoms with Crippen LogP contribution in [0.3, 0.4) is 0 Å². The highest BCUT2D eigenvalue weighted by molar-refractivity contribution is 7.98. The van der Waals surface area contributed by atoms with Crippen molar-refractivity contribution in [2.45, 2.75) is 38.4 Å². The van der Waals surface area contributed by atoms with E-state index in [1.165, 1.54) is 5.56 Å². The molecule has 0 fully saturated rings. The number of likely N-dealkylation sites (N-methyl/N-ethyl adjacent to an activating group) is 1. The van der Waals surface area contributed by atoms with Crippen molar-refractivity contribution < 1.29 is 4.74 Å². The van der Waals surface area contributed by atoms with Crippen LogP contribution in [0, 0.1) is 0 Å². The molecule has 114 valence electrons. The fourth-order valence-electron chi connectivity index (χ4n) is 2.44. The lowest BCUT2D eigenvalue weighted by molar-refractivity contribution is 0.171. The zero-order chi connectivity index (χ0) is 15.1. The Labute approximate surface area is 127 Å². The van der Waals surface area contributed by atoms with Gasteiger partial charge in [0.2, 0.25) is 0 Å². The van der Waals surface area contributed by atoms with E-state index in [1.54, 1.807) is 7.11 Å². The van der Waals surface area contributed by atoms with Gasteiger partial charge in [-0.25, -0.2) is 0 Å². The minimum Gasteiger partial charge on any atom is -0.497 e. The first-order chi connectivity index (χ1) is 9.54. The quantitative estimate of drug-likeness (QED) is 0.800. The fourth-order valence-corrected chi connectivity index (χ4v) is 3.16. The molecule has 0 spiro atoms. The van der Waals surface area contributed by atoms with Gasteiger partial charge in [-0.15, -0.1) is 0 Å². The standard InChI is InChI=1S/C16H28N2OS/c1-6-15(17)16(18(3)12(2)11-20-5)13-7-9-14(19-4)10-8-13/h7-10,12,15-16H,6,11,17H2,1-5H3. The third-order valence-electron chi connectivity index (χ3n) is 3.88. The maximum absolute atomic E-state index is 6.37. The maximum atomic E-state index is 6.37. The molecule has 0 bridgehead atoms. The number of nitrogens with zero attached hydrogens (tertiary/aromatic N) is 1. The van der Waals surface area contributed by atoms with Gasteiger partial charge in [-0.2, -0.15) is 11.8 Å². The molecule has 2 N–H and O–H groups in total. The molecule has 4 heteroatoms. The molecule has 0 radical (unpaired) electrons. The van der Waals surface area contributed by atoms with Gasteiger partial charge < -0.3 is 10.5 Å². The number of thioether (sulfide) groups is 1. The molecule has 0 saturated carbocycles. The lowest BCUT2D eigenvalue weighted by atomic mass is 9.95. The van der Waals surface area contributed by atoms with Crippen molar-refractivity contribution in [3.8, 4) is 5.75 Å². The second-order valence-electron chi connectivity index (χ2n) is 5.26. The first-order valence-electron chi connectivity index (χ1n) is 7.15. The normalized spacial score (nSPS) is 15.9. The van der Waals surface area contributed by atoms with Crippen LogP contribution in [0.25, 0.3) is 0 Å². The number of hydrogen-bond donors (Lipinski definition) is 1. The summed E-state index contributed by atoms with van der Waals surface area (Å²) in [6, 6.07) is 9.15. The average Bonchev–Trinajstić information content (AvgIpc) is 2.48. The van der Waals surface area contributed by atoms with E-state index in [-0.39, 0.29) is 12.1 Å². The first kappa shape index (κ1) is 17.3. The largest absolute Gasteiger partial charge is 0.497 e. The van der Waals surface area contributed by atoms with E-state index < -0.39 is 0 Å². The van der Waals surface area contributed by atoms with Gasteiger partial charge in [-0.3, -0.25) is 4.90 Å². The van der Waals surface area contributed by atoms with E-state index >= 15 is 0 Å². The van der Waals surface area contributed by atoms with E-state index in [1.807, 2.05) is 23.9 Å². The monoisotopic (exact) mass is 296 g/mol. The predicted molar refractivity (Wildman–Crippen MR) is 89.6 cm³/mol. The van der Waals surface area contributed by atoms with Crippen LogP contribution < -0.4 is 10.5 Å². The van der Waals surface area contributed by atoms with Gasteiger partial charge in [0.25, 0.3) is 0 Å². The van der Waals surface area contributed by atoms with Gasteiger partial charge >= 0.3 is 0 Å². The highest BCUT2D eigenvalue weighted by atomic mass is 32.2. The fraction of sp³-hybridized carbons (Fsp3) is 0.625. The zero-order valence-corrected chi connectivity index (χ0v) is 14.1. The molecule has 1 rings (SSSR count). The lowest BCUT2D eigenvalue weighted by Gasteiger charge is -2.36. The molecule has 0 aliphatic rings. The topological polar surface area (TPSA) is 38.5 Å². The highest BCUT2D eigenvalue weighted by Gasteiger charge is 2.26.